The number of ether oxygens (including phenoxy) is 1. The smallest absolute Gasteiger partial charge is 0.191 e. The van der Waals surface area contributed by atoms with Crippen LogP contribution in [0.1, 0.15) is 56.0 Å². The second-order valence-electron chi connectivity index (χ2n) is 8.41. The fraction of sp³-hybridized carbons (Fsp3) is 0.480. The maximum atomic E-state index is 6.33. The van der Waals surface area contributed by atoms with Crippen LogP contribution in [-0.2, 0) is 13.0 Å². The number of hydrogen-bond donors (Lipinski definition) is 2. The van der Waals surface area contributed by atoms with Crippen molar-refractivity contribution in [3.63, 3.8) is 0 Å². The molecule has 0 atom stereocenters. The molecule has 178 valence electrons. The molecular weight excluding hydrogens is 527 g/mol. The van der Waals surface area contributed by atoms with E-state index in [1.807, 2.05) is 28.8 Å². The summed E-state index contributed by atoms with van der Waals surface area (Å²) in [6.45, 7) is 6.41. The molecule has 0 bridgehead atoms. The van der Waals surface area contributed by atoms with Gasteiger partial charge in [0.2, 0.25) is 0 Å². The van der Waals surface area contributed by atoms with E-state index >= 15 is 0 Å². The quantitative estimate of drug-likeness (QED) is 0.172. The molecular formula is C25H35IN6O. The van der Waals surface area contributed by atoms with Crippen molar-refractivity contribution in [1.29, 1.82) is 0 Å². The second kappa shape index (κ2) is 12.8. The first-order valence-electron chi connectivity index (χ1n) is 11.8. The summed E-state index contributed by atoms with van der Waals surface area (Å²) in [5, 5.41) is 15.3. The van der Waals surface area contributed by atoms with Gasteiger partial charge in [0.25, 0.3) is 0 Å². The molecule has 0 radical (unpaired) electrons. The number of hydrogen-bond acceptors (Lipinski definition) is 4. The number of benzene rings is 1. The minimum atomic E-state index is 0. The molecule has 8 heteroatoms. The molecule has 2 aromatic heterocycles. The van der Waals surface area contributed by atoms with Crippen LogP contribution < -0.4 is 15.4 Å². The van der Waals surface area contributed by atoms with E-state index in [-0.39, 0.29) is 24.0 Å². The van der Waals surface area contributed by atoms with Crippen molar-refractivity contribution in [3.05, 3.63) is 59.5 Å². The molecule has 2 heterocycles. The number of aliphatic imine (C=N–C) groups is 1. The Morgan fingerprint density at radius 1 is 1.15 bits per heavy atom. The number of pyridine rings is 1. The van der Waals surface area contributed by atoms with E-state index in [4.69, 9.17) is 9.73 Å². The standard InChI is InChI=1S/C25H34N6O.HI/c1-3-26-25(27-15-8-12-24-30-29-23-11-6-7-16-31(23)24)28-18-20-14-13-19(2)17-22(20)32-21-9-4-5-10-21;/h6-7,11,13-14,16-17,21H,3-5,8-10,12,15,18H2,1-2H3,(H2,26,27,28);1H. The van der Waals surface area contributed by atoms with Crippen LogP contribution in [0.15, 0.2) is 47.6 Å². The summed E-state index contributed by atoms with van der Waals surface area (Å²) in [6, 6.07) is 12.4. The average Bonchev–Trinajstić information content (AvgIpc) is 3.46. The van der Waals surface area contributed by atoms with Gasteiger partial charge in [0.15, 0.2) is 11.6 Å². The van der Waals surface area contributed by atoms with Crippen LogP contribution >= 0.6 is 24.0 Å². The Morgan fingerprint density at radius 2 is 2.00 bits per heavy atom. The molecule has 0 unspecified atom stereocenters. The van der Waals surface area contributed by atoms with Crippen molar-refractivity contribution in [2.24, 2.45) is 4.99 Å². The van der Waals surface area contributed by atoms with Crippen molar-refractivity contribution < 1.29 is 4.74 Å². The van der Waals surface area contributed by atoms with Crippen molar-refractivity contribution in [2.75, 3.05) is 13.1 Å². The monoisotopic (exact) mass is 562 g/mol. The number of aromatic nitrogens is 3. The predicted octanol–water partition coefficient (Wildman–Crippen LogP) is 4.67. The number of aryl methyl sites for hydroxylation is 2. The number of nitrogens with zero attached hydrogens (tertiary/aromatic N) is 4. The van der Waals surface area contributed by atoms with E-state index in [0.29, 0.717) is 12.6 Å². The number of fused-ring (bicyclic) bond motifs is 1. The molecule has 0 amide bonds. The predicted molar refractivity (Wildman–Crippen MR) is 144 cm³/mol. The zero-order valence-corrected chi connectivity index (χ0v) is 21.9. The minimum Gasteiger partial charge on any atom is -0.490 e. The number of halogens is 1. The highest BCUT2D eigenvalue weighted by Crippen LogP contribution is 2.28. The van der Waals surface area contributed by atoms with Gasteiger partial charge < -0.3 is 15.4 Å². The average molecular weight is 563 g/mol. The fourth-order valence-electron chi connectivity index (χ4n) is 4.11. The summed E-state index contributed by atoms with van der Waals surface area (Å²) in [6.07, 6.45) is 9.00. The largest absolute Gasteiger partial charge is 0.490 e. The lowest BCUT2D eigenvalue weighted by Gasteiger charge is -2.17. The molecule has 7 nitrogen and oxygen atoms in total. The Labute approximate surface area is 213 Å². The molecule has 1 aliphatic rings. The van der Waals surface area contributed by atoms with E-state index in [1.54, 1.807) is 0 Å². The maximum Gasteiger partial charge on any atom is 0.191 e. The van der Waals surface area contributed by atoms with Crippen molar-refractivity contribution in [2.45, 2.75) is 65.0 Å². The van der Waals surface area contributed by atoms with Crippen LogP contribution in [0, 0.1) is 6.92 Å². The van der Waals surface area contributed by atoms with Gasteiger partial charge in [-0.1, -0.05) is 18.2 Å². The first kappa shape index (κ1) is 25.3. The molecule has 1 aromatic carbocycles. The molecule has 0 aliphatic heterocycles. The summed E-state index contributed by atoms with van der Waals surface area (Å²) < 4.78 is 8.37. The Kier molecular flexibility index (Phi) is 9.77. The van der Waals surface area contributed by atoms with Gasteiger partial charge in [-0.15, -0.1) is 34.2 Å². The van der Waals surface area contributed by atoms with Crippen LogP contribution in [0.5, 0.6) is 5.75 Å². The molecule has 0 saturated heterocycles. The van der Waals surface area contributed by atoms with E-state index in [2.05, 4.69) is 52.9 Å². The van der Waals surface area contributed by atoms with E-state index in [0.717, 1.165) is 67.5 Å². The first-order valence-corrected chi connectivity index (χ1v) is 11.8. The van der Waals surface area contributed by atoms with E-state index in [9.17, 15) is 0 Å². The highest BCUT2D eigenvalue weighted by molar-refractivity contribution is 14.0. The minimum absolute atomic E-state index is 0. The molecule has 0 spiro atoms. The van der Waals surface area contributed by atoms with E-state index < -0.39 is 0 Å². The summed E-state index contributed by atoms with van der Waals surface area (Å²) in [4.78, 5) is 4.81. The van der Waals surface area contributed by atoms with Gasteiger partial charge in [-0.05, 0) is 69.7 Å². The zero-order valence-electron chi connectivity index (χ0n) is 19.6. The number of guanidine groups is 1. The SMILES string of the molecule is CCNC(=NCc1ccc(C)cc1OC1CCCC1)NCCCc1nnc2ccccn12.I. The summed E-state index contributed by atoms with van der Waals surface area (Å²) in [7, 11) is 0. The van der Waals surface area contributed by atoms with E-state index in [1.165, 1.54) is 18.4 Å². The highest BCUT2D eigenvalue weighted by Gasteiger charge is 2.18. The first-order chi connectivity index (χ1) is 15.7. The lowest BCUT2D eigenvalue weighted by atomic mass is 10.1. The molecule has 1 aliphatic carbocycles. The lowest BCUT2D eigenvalue weighted by Crippen LogP contribution is -2.37. The molecule has 2 N–H and O–H groups in total. The summed E-state index contributed by atoms with van der Waals surface area (Å²) in [5.74, 6) is 2.79. The Balaban J connectivity index is 0.00000306. The Bertz CT molecular complexity index is 1040. The fourth-order valence-corrected chi connectivity index (χ4v) is 4.11. The third kappa shape index (κ3) is 7.06. The van der Waals surface area contributed by atoms with Crippen LogP contribution in [0.4, 0.5) is 0 Å². The lowest BCUT2D eigenvalue weighted by molar-refractivity contribution is 0.208. The van der Waals surface area contributed by atoms with Gasteiger partial charge in [0, 0.05) is 31.3 Å². The highest BCUT2D eigenvalue weighted by atomic mass is 127. The van der Waals surface area contributed by atoms with Gasteiger partial charge in [-0.3, -0.25) is 4.40 Å². The Morgan fingerprint density at radius 3 is 2.82 bits per heavy atom. The summed E-state index contributed by atoms with van der Waals surface area (Å²) >= 11 is 0. The van der Waals surface area contributed by atoms with Crippen LogP contribution in [0.3, 0.4) is 0 Å². The van der Waals surface area contributed by atoms with Gasteiger partial charge in [-0.25, -0.2) is 4.99 Å². The molecule has 33 heavy (non-hydrogen) atoms. The molecule has 4 rings (SSSR count). The molecule has 1 saturated carbocycles. The van der Waals surface area contributed by atoms with Crippen molar-refractivity contribution >= 4 is 35.6 Å². The normalized spacial score (nSPS) is 14.3. The third-order valence-electron chi connectivity index (χ3n) is 5.82. The van der Waals surface area contributed by atoms with Crippen LogP contribution in [0.25, 0.3) is 5.65 Å². The maximum absolute atomic E-state index is 6.33. The van der Waals surface area contributed by atoms with Crippen molar-refractivity contribution in [1.82, 2.24) is 25.2 Å². The third-order valence-corrected chi connectivity index (χ3v) is 5.82. The van der Waals surface area contributed by atoms with Crippen LogP contribution in [0.2, 0.25) is 0 Å². The molecule has 3 aromatic rings. The Hall–Kier alpha value is -2.36. The summed E-state index contributed by atoms with van der Waals surface area (Å²) in [5.41, 5.74) is 3.24. The van der Waals surface area contributed by atoms with Crippen molar-refractivity contribution in [3.8, 4) is 5.75 Å². The topological polar surface area (TPSA) is 75.8 Å². The van der Waals surface area contributed by atoms with Gasteiger partial charge >= 0.3 is 0 Å². The van der Waals surface area contributed by atoms with Gasteiger partial charge in [-0.2, -0.15) is 0 Å². The zero-order chi connectivity index (χ0) is 22.2. The number of rotatable bonds is 9. The van der Waals surface area contributed by atoms with Gasteiger partial charge in [0.1, 0.15) is 11.6 Å². The second-order valence-corrected chi connectivity index (χ2v) is 8.41. The number of nitrogens with one attached hydrogen (secondary N) is 2. The molecule has 1 fully saturated rings. The van der Waals surface area contributed by atoms with Gasteiger partial charge in [0.05, 0.1) is 12.6 Å². The van der Waals surface area contributed by atoms with Crippen LogP contribution in [-0.4, -0.2) is 39.8 Å².